The molecule has 108 heavy (non-hydrogen) atoms. The summed E-state index contributed by atoms with van der Waals surface area (Å²) in [5.41, 5.74) is 7.42. The maximum Gasteiger partial charge on any atom is 0.404 e. The van der Waals surface area contributed by atoms with Crippen LogP contribution in [0.25, 0.3) is 0 Å². The van der Waals surface area contributed by atoms with Gasteiger partial charge in [-0.3, -0.25) is 53.0 Å². The molecule has 33 heteroatoms. The molecule has 2 aliphatic rings. The highest BCUT2D eigenvalue weighted by atomic mass is 19.4. The van der Waals surface area contributed by atoms with Crippen LogP contribution in [0.15, 0.2) is 66.7 Å². The van der Waals surface area contributed by atoms with Crippen LogP contribution in [0.2, 0.25) is 0 Å². The first-order chi connectivity index (χ1) is 50.8. The molecular formula is C75H106F8N12O13. The fraction of sp³-hybridized carbons (Fsp3) is 0.600. The van der Waals surface area contributed by atoms with Crippen molar-refractivity contribution in [2.75, 3.05) is 66.9 Å². The Bertz CT molecular complexity index is 3560. The molecule has 2 saturated heterocycles. The molecule has 5 rings (SSSR count). The number of nitrogens with two attached hydrogens (primary N) is 1. The zero-order valence-corrected chi connectivity index (χ0v) is 63.6. The molecule has 10 amide bonds. The number of benzene rings is 3. The van der Waals surface area contributed by atoms with Crippen molar-refractivity contribution in [2.45, 2.75) is 199 Å². The SMILES string of the molecule is C=C(CC)[C@@H]([C@@H](CC(=O)N1CCC[C@H]1C(OC)[C@@H](C)C(=O)N[C@@H](Cc1ccccc1)C(=O)NCc1ccc(NC(=O)[C@H](CCCNC(N)=O)NC(=O)[C@@H](NC(=O)CCCN2CCC(C(=O)Oc3c(F)c(F)c(F)c(F)c3F)CC2C(F)(F)F)C(C)C)cc1)OC)N(C)C(=O)[C@@H](NC(=O)[C@H](C(C)C)N(C)C)C(C)C. The topological polar surface area (TPSA) is 322 Å². The van der Waals surface area contributed by atoms with Crippen LogP contribution in [0.1, 0.15) is 131 Å². The highest BCUT2D eigenvalue weighted by molar-refractivity contribution is 5.98. The number of rotatable bonds is 39. The number of urea groups is 1. The zero-order chi connectivity index (χ0) is 80.8. The summed E-state index contributed by atoms with van der Waals surface area (Å²) in [5, 5.41) is 19.2. The molecular weight excluding hydrogens is 1430 g/mol. The lowest BCUT2D eigenvalue weighted by Gasteiger charge is -2.39. The Labute approximate surface area is 625 Å². The van der Waals surface area contributed by atoms with Gasteiger partial charge in [0, 0.05) is 59.4 Å². The number of likely N-dealkylation sites (tertiary alicyclic amines) is 2. The number of alkyl halides is 3. The van der Waals surface area contributed by atoms with Crippen molar-refractivity contribution in [3.05, 3.63) is 107 Å². The van der Waals surface area contributed by atoms with Gasteiger partial charge in [-0.25, -0.2) is 18.0 Å². The minimum atomic E-state index is -5.00. The number of hydrogen-bond donors (Lipinski definition) is 8. The Balaban J connectivity index is 1.21. The van der Waals surface area contributed by atoms with Crippen LogP contribution in [0, 0.1) is 58.7 Å². The first-order valence-corrected chi connectivity index (χ1v) is 36.2. The van der Waals surface area contributed by atoms with Gasteiger partial charge in [-0.15, -0.1) is 0 Å². The summed E-state index contributed by atoms with van der Waals surface area (Å²) < 4.78 is 129. The molecule has 0 spiro atoms. The molecule has 0 radical (unpaired) electrons. The van der Waals surface area contributed by atoms with Crippen LogP contribution in [-0.2, 0) is 65.6 Å². The number of amides is 10. The molecule has 25 nitrogen and oxygen atoms in total. The van der Waals surface area contributed by atoms with Gasteiger partial charge in [-0.05, 0) is 120 Å². The van der Waals surface area contributed by atoms with E-state index in [1.165, 1.54) is 31.3 Å². The van der Waals surface area contributed by atoms with E-state index < -0.39 is 180 Å². The van der Waals surface area contributed by atoms with Crippen molar-refractivity contribution in [2.24, 2.45) is 35.3 Å². The van der Waals surface area contributed by atoms with Crippen molar-refractivity contribution in [1.82, 2.24) is 51.5 Å². The van der Waals surface area contributed by atoms with Crippen molar-refractivity contribution in [3.63, 3.8) is 0 Å². The first-order valence-electron chi connectivity index (χ1n) is 36.2. The number of esters is 1. The second-order valence-electron chi connectivity index (χ2n) is 28.7. The van der Waals surface area contributed by atoms with E-state index in [1.54, 1.807) is 82.0 Å². The van der Waals surface area contributed by atoms with Gasteiger partial charge < -0.3 is 67.0 Å². The molecule has 2 fully saturated rings. The molecule has 3 aromatic rings. The molecule has 9 N–H and O–H groups in total. The maximum atomic E-state index is 14.6. The van der Waals surface area contributed by atoms with E-state index >= 15 is 0 Å². The monoisotopic (exact) mass is 1530 g/mol. The minimum Gasteiger partial charge on any atom is -0.420 e. The van der Waals surface area contributed by atoms with Crippen molar-refractivity contribution >= 4 is 64.9 Å². The standard InChI is InChI=1S/C75H106F8N12O13/c1-15-43(8)64(93(12)72(103)62(41(4)5)91-71(102)63(42(6)7)92(10)11)52(106-13)38-55(97)95-34-20-25-51(95)65(107-14)44(9)67(98)89-50(36-45-22-17-16-18-23-45)68(99)86-39-46-27-29-48(30-28-46)87-69(100)49(24-19-32-85-74(84)105)88-70(101)61(40(2)3)90-54(96)26-21-33-94-35-31-47(37-53(94)75(81,82)83)73(104)108-66-59(79)57(77)56(76)58(78)60(66)80/h16-18,22-23,27-30,40-42,44,47,49-53,61-65H,8,15,19-21,24-26,31-39H2,1-7,9-14H3,(H,86,99)(H,87,100)(H,88,101)(H,89,98)(H,90,96)(H,91,102)(H3,84,85,105)/t44-,47?,49+,50+,51+,52-,53?,61+,62+,63+,64+,65?/m1/s1. The number of methoxy groups -OCH3 is 2. The summed E-state index contributed by atoms with van der Waals surface area (Å²) in [6.07, 6.45) is -7.22. The lowest BCUT2D eigenvalue weighted by atomic mass is 9.90. The fourth-order valence-electron chi connectivity index (χ4n) is 13.7. The van der Waals surface area contributed by atoms with Crippen molar-refractivity contribution in [3.8, 4) is 5.75 Å². The molecule has 3 unspecified atom stereocenters. The van der Waals surface area contributed by atoms with Crippen molar-refractivity contribution < 1.29 is 97.3 Å². The zero-order valence-electron chi connectivity index (χ0n) is 63.6. The summed E-state index contributed by atoms with van der Waals surface area (Å²) in [6, 6.07) is 5.67. The number of hydrogen-bond acceptors (Lipinski definition) is 15. The maximum absolute atomic E-state index is 14.6. The first kappa shape index (κ1) is 89.8. The van der Waals surface area contributed by atoms with E-state index in [1.807, 2.05) is 46.8 Å². The fourth-order valence-corrected chi connectivity index (χ4v) is 13.7. The number of primary amides is 1. The molecule has 600 valence electrons. The van der Waals surface area contributed by atoms with E-state index in [0.29, 0.717) is 36.9 Å². The molecule has 0 saturated carbocycles. The van der Waals surface area contributed by atoms with Crippen LogP contribution in [-0.4, -0.2) is 207 Å². The van der Waals surface area contributed by atoms with Gasteiger partial charge in [-0.1, -0.05) is 110 Å². The van der Waals surface area contributed by atoms with Crippen LogP contribution >= 0.6 is 0 Å². The molecule has 3 aromatic carbocycles. The highest BCUT2D eigenvalue weighted by Gasteiger charge is 2.49. The van der Waals surface area contributed by atoms with Gasteiger partial charge in [0.15, 0.2) is 0 Å². The average molecular weight is 1540 g/mol. The predicted molar refractivity (Wildman–Crippen MR) is 385 cm³/mol. The number of halogens is 8. The molecule has 2 heterocycles. The largest absolute Gasteiger partial charge is 0.420 e. The second-order valence-corrected chi connectivity index (χ2v) is 28.7. The van der Waals surface area contributed by atoms with Crippen LogP contribution < -0.4 is 47.7 Å². The lowest BCUT2D eigenvalue weighted by molar-refractivity contribution is -0.197. The van der Waals surface area contributed by atoms with Gasteiger partial charge >= 0.3 is 18.2 Å². The number of carbonyl (C=O) groups excluding carboxylic acids is 10. The van der Waals surface area contributed by atoms with Gasteiger partial charge in [0.05, 0.1) is 48.6 Å². The van der Waals surface area contributed by atoms with Crippen molar-refractivity contribution in [1.29, 1.82) is 0 Å². The number of nitrogens with one attached hydrogen (secondary N) is 7. The van der Waals surface area contributed by atoms with E-state index in [4.69, 9.17) is 15.2 Å². The molecule has 2 aliphatic heterocycles. The van der Waals surface area contributed by atoms with E-state index in [-0.39, 0.29) is 93.4 Å². The Morgan fingerprint density at radius 2 is 1.28 bits per heavy atom. The number of piperidine rings is 1. The quantitative estimate of drug-likeness (QED) is 0.00527. The van der Waals surface area contributed by atoms with Gasteiger partial charge in [0.25, 0.3) is 0 Å². The summed E-state index contributed by atoms with van der Waals surface area (Å²) in [7, 11) is 8.13. The average Bonchev–Trinajstić information content (AvgIpc) is 1.39. The van der Waals surface area contributed by atoms with Gasteiger partial charge in [0.2, 0.25) is 82.1 Å². The Kier molecular flexibility index (Phi) is 34.6. The van der Waals surface area contributed by atoms with Crippen LogP contribution in [0.5, 0.6) is 5.75 Å². The van der Waals surface area contributed by atoms with Crippen LogP contribution in [0.3, 0.4) is 0 Å². The normalized spacial score (nSPS) is 18.0. The number of anilines is 1. The third-order valence-electron chi connectivity index (χ3n) is 19.6. The van der Waals surface area contributed by atoms with Crippen LogP contribution in [0.4, 0.5) is 45.6 Å². The summed E-state index contributed by atoms with van der Waals surface area (Å²) in [5.74, 6) is -23.9. The third-order valence-corrected chi connectivity index (χ3v) is 19.6. The molecule has 0 aliphatic carbocycles. The Morgan fingerprint density at radius 1 is 0.667 bits per heavy atom. The Morgan fingerprint density at radius 3 is 1.83 bits per heavy atom. The summed E-state index contributed by atoms with van der Waals surface area (Å²) >= 11 is 0. The van der Waals surface area contributed by atoms with E-state index in [0.717, 1.165) is 10.5 Å². The highest BCUT2D eigenvalue weighted by Crippen LogP contribution is 2.37. The number of carbonyl (C=O) groups is 10. The lowest BCUT2D eigenvalue weighted by Crippen LogP contribution is -2.59. The number of ether oxygens (including phenoxy) is 3. The molecule has 0 aromatic heterocycles. The number of nitrogens with zero attached hydrogens (tertiary/aromatic N) is 4. The summed E-state index contributed by atoms with van der Waals surface area (Å²) in [4.78, 5) is 143. The number of likely N-dealkylation sites (N-methyl/N-ethyl adjacent to an activating group) is 2. The van der Waals surface area contributed by atoms with E-state index in [2.05, 4.69) is 48.5 Å². The molecule has 12 atom stereocenters. The smallest absolute Gasteiger partial charge is 0.404 e. The van der Waals surface area contributed by atoms with Gasteiger partial charge in [-0.2, -0.15) is 22.0 Å². The van der Waals surface area contributed by atoms with E-state index in [9.17, 15) is 83.1 Å². The third kappa shape index (κ3) is 24.9. The predicted octanol–water partition coefficient (Wildman–Crippen LogP) is 7.33. The minimum absolute atomic E-state index is 0.000236. The molecule has 0 bridgehead atoms. The Hall–Kier alpha value is -8.82. The summed E-state index contributed by atoms with van der Waals surface area (Å²) in [6.45, 7) is 18.0. The second kappa shape index (κ2) is 41.7. The van der Waals surface area contributed by atoms with Gasteiger partial charge in [0.1, 0.15) is 30.2 Å².